The summed E-state index contributed by atoms with van der Waals surface area (Å²) in [4.78, 5) is 23.5. The van der Waals surface area contributed by atoms with Gasteiger partial charge in [-0.05, 0) is 41.3 Å². The van der Waals surface area contributed by atoms with Crippen molar-refractivity contribution in [1.29, 1.82) is 0 Å². The van der Waals surface area contributed by atoms with Crippen LogP contribution in [0.25, 0.3) is 0 Å². The molecule has 0 radical (unpaired) electrons. The van der Waals surface area contributed by atoms with E-state index in [-0.39, 0.29) is 11.8 Å². The molecular formula is C11H13BrN2O2S. The molecule has 17 heavy (non-hydrogen) atoms. The van der Waals surface area contributed by atoms with Gasteiger partial charge in [0.1, 0.15) is 6.04 Å². The zero-order valence-electron chi connectivity index (χ0n) is 9.16. The minimum atomic E-state index is -0.399. The molecule has 92 valence electrons. The highest BCUT2D eigenvalue weighted by Gasteiger charge is 2.23. The quantitative estimate of drug-likeness (QED) is 0.875. The van der Waals surface area contributed by atoms with E-state index in [1.54, 1.807) is 11.4 Å². The van der Waals surface area contributed by atoms with Crippen LogP contribution in [0, 0.1) is 0 Å². The van der Waals surface area contributed by atoms with Gasteiger partial charge in [-0.15, -0.1) is 11.3 Å². The number of hydrogen-bond donors (Lipinski definition) is 2. The van der Waals surface area contributed by atoms with Crippen LogP contribution in [0.2, 0.25) is 0 Å². The van der Waals surface area contributed by atoms with Crippen molar-refractivity contribution < 1.29 is 9.59 Å². The second-order valence-electron chi connectivity index (χ2n) is 3.95. The summed E-state index contributed by atoms with van der Waals surface area (Å²) in [7, 11) is 0. The van der Waals surface area contributed by atoms with Crippen molar-refractivity contribution in [3.63, 3.8) is 0 Å². The number of carbonyl (C=O) groups excluding carboxylic acids is 2. The van der Waals surface area contributed by atoms with Crippen molar-refractivity contribution in [2.75, 3.05) is 6.54 Å². The molecule has 1 fully saturated rings. The molecule has 1 aliphatic rings. The summed E-state index contributed by atoms with van der Waals surface area (Å²) in [6, 6.07) is 1.36. The molecule has 2 rings (SSSR count). The molecule has 0 aromatic carbocycles. The number of halogens is 1. The molecule has 0 aliphatic carbocycles. The van der Waals surface area contributed by atoms with E-state index in [0.29, 0.717) is 18.5 Å². The Bertz CT molecular complexity index is 433. The molecule has 1 aliphatic heterocycles. The number of hydrogen-bond acceptors (Lipinski definition) is 3. The van der Waals surface area contributed by atoms with Gasteiger partial charge in [-0.3, -0.25) is 9.59 Å². The van der Waals surface area contributed by atoms with Crippen LogP contribution >= 0.6 is 27.3 Å². The Hall–Kier alpha value is -0.880. The van der Waals surface area contributed by atoms with Gasteiger partial charge in [0.15, 0.2) is 0 Å². The zero-order valence-corrected chi connectivity index (χ0v) is 11.6. The summed E-state index contributed by atoms with van der Waals surface area (Å²) >= 11 is 4.76. The summed E-state index contributed by atoms with van der Waals surface area (Å²) in [6.45, 7) is 0.704. The van der Waals surface area contributed by atoms with Crippen molar-refractivity contribution >= 4 is 39.1 Å². The molecule has 2 heterocycles. The van der Waals surface area contributed by atoms with Crippen molar-refractivity contribution in [2.45, 2.75) is 25.3 Å². The Morgan fingerprint density at radius 1 is 1.53 bits per heavy atom. The Balaban J connectivity index is 1.99. The molecule has 1 atom stereocenters. The highest BCUT2D eigenvalue weighted by atomic mass is 79.9. The third-order valence-electron chi connectivity index (χ3n) is 2.67. The van der Waals surface area contributed by atoms with Gasteiger partial charge >= 0.3 is 0 Å². The lowest BCUT2D eigenvalue weighted by Gasteiger charge is -2.14. The van der Waals surface area contributed by atoms with E-state index >= 15 is 0 Å². The molecule has 0 bridgehead atoms. The van der Waals surface area contributed by atoms with Gasteiger partial charge in [-0.1, -0.05) is 0 Å². The molecule has 4 nitrogen and oxygen atoms in total. The Kier molecular flexibility index (Phi) is 4.17. The minimum Gasteiger partial charge on any atom is -0.354 e. The summed E-state index contributed by atoms with van der Waals surface area (Å²) in [5.74, 6) is -0.265. The maximum atomic E-state index is 11.9. The van der Waals surface area contributed by atoms with Gasteiger partial charge in [0.25, 0.3) is 5.91 Å². The van der Waals surface area contributed by atoms with E-state index in [2.05, 4.69) is 26.6 Å². The van der Waals surface area contributed by atoms with Crippen LogP contribution in [-0.2, 0) is 4.79 Å². The van der Waals surface area contributed by atoms with E-state index in [1.807, 2.05) is 0 Å². The van der Waals surface area contributed by atoms with E-state index in [0.717, 1.165) is 16.6 Å². The largest absolute Gasteiger partial charge is 0.354 e. The fourth-order valence-corrected chi connectivity index (χ4v) is 2.88. The van der Waals surface area contributed by atoms with Crippen molar-refractivity contribution in [2.24, 2.45) is 0 Å². The van der Waals surface area contributed by atoms with Crippen LogP contribution in [0.1, 0.15) is 29.6 Å². The van der Waals surface area contributed by atoms with Gasteiger partial charge in [0, 0.05) is 11.9 Å². The maximum Gasteiger partial charge on any atom is 0.252 e. The molecule has 0 unspecified atom stereocenters. The Morgan fingerprint density at radius 3 is 3.06 bits per heavy atom. The smallest absolute Gasteiger partial charge is 0.252 e. The van der Waals surface area contributed by atoms with Crippen molar-refractivity contribution in [3.05, 3.63) is 20.8 Å². The average molecular weight is 317 g/mol. The first-order chi connectivity index (χ1) is 8.16. The lowest BCUT2D eigenvalue weighted by molar-refractivity contribution is -0.122. The maximum absolute atomic E-state index is 11.9. The summed E-state index contributed by atoms with van der Waals surface area (Å²) in [5.41, 5.74) is 0.596. The number of carbonyl (C=O) groups is 2. The third-order valence-corrected chi connectivity index (χ3v) is 4.17. The zero-order chi connectivity index (χ0) is 12.3. The first-order valence-corrected chi connectivity index (χ1v) is 7.16. The van der Waals surface area contributed by atoms with Crippen LogP contribution in [0.3, 0.4) is 0 Å². The molecular weight excluding hydrogens is 304 g/mol. The monoisotopic (exact) mass is 316 g/mol. The van der Waals surface area contributed by atoms with E-state index < -0.39 is 6.04 Å². The molecule has 2 amide bonds. The van der Waals surface area contributed by atoms with Crippen LogP contribution in [0.4, 0.5) is 0 Å². The molecule has 1 saturated heterocycles. The summed E-state index contributed by atoms with van der Waals surface area (Å²) < 4.78 is 0.910. The normalized spacial score (nSPS) is 20.5. The topological polar surface area (TPSA) is 58.2 Å². The number of rotatable bonds is 2. The summed E-state index contributed by atoms with van der Waals surface area (Å²) in [6.07, 6.45) is 2.64. The number of amides is 2. The first kappa shape index (κ1) is 12.6. The van der Waals surface area contributed by atoms with Gasteiger partial charge in [-0.2, -0.15) is 0 Å². The molecule has 0 spiro atoms. The molecule has 6 heteroatoms. The molecule has 1 aromatic heterocycles. The third kappa shape index (κ3) is 3.29. The Morgan fingerprint density at radius 2 is 2.35 bits per heavy atom. The number of nitrogens with one attached hydrogen (secondary N) is 2. The molecule has 1 aromatic rings. The van der Waals surface area contributed by atoms with Crippen LogP contribution in [-0.4, -0.2) is 24.4 Å². The highest BCUT2D eigenvalue weighted by Crippen LogP contribution is 2.20. The SMILES string of the molecule is O=C(N[C@@H]1CCCCNC1=O)c1csc(Br)c1. The van der Waals surface area contributed by atoms with Gasteiger partial charge in [0.2, 0.25) is 5.91 Å². The lowest BCUT2D eigenvalue weighted by Crippen LogP contribution is -2.45. The number of thiophene rings is 1. The minimum absolute atomic E-state index is 0.0786. The van der Waals surface area contributed by atoms with Gasteiger partial charge in [-0.25, -0.2) is 0 Å². The second-order valence-corrected chi connectivity index (χ2v) is 6.24. The predicted octanol–water partition coefficient (Wildman–Crippen LogP) is 1.91. The van der Waals surface area contributed by atoms with Crippen LogP contribution in [0.15, 0.2) is 15.2 Å². The van der Waals surface area contributed by atoms with E-state index in [1.165, 1.54) is 11.3 Å². The second kappa shape index (κ2) is 5.64. The summed E-state index contributed by atoms with van der Waals surface area (Å²) in [5, 5.41) is 7.34. The van der Waals surface area contributed by atoms with Crippen molar-refractivity contribution in [3.8, 4) is 0 Å². The predicted molar refractivity (Wildman–Crippen MR) is 70.1 cm³/mol. The van der Waals surface area contributed by atoms with Crippen LogP contribution < -0.4 is 10.6 Å². The fraction of sp³-hybridized carbons (Fsp3) is 0.455. The standard InChI is InChI=1S/C11H13BrN2O2S/c12-9-5-7(6-17-9)10(15)14-8-3-1-2-4-13-11(8)16/h5-6,8H,1-4H2,(H,13,16)(H,14,15)/t8-/m1/s1. The van der Waals surface area contributed by atoms with E-state index in [4.69, 9.17) is 0 Å². The Labute approximate surface area is 112 Å². The van der Waals surface area contributed by atoms with Gasteiger partial charge < -0.3 is 10.6 Å². The van der Waals surface area contributed by atoms with Crippen LogP contribution in [0.5, 0.6) is 0 Å². The highest BCUT2D eigenvalue weighted by molar-refractivity contribution is 9.11. The lowest BCUT2D eigenvalue weighted by atomic mass is 10.1. The first-order valence-electron chi connectivity index (χ1n) is 5.49. The molecule has 0 saturated carbocycles. The van der Waals surface area contributed by atoms with E-state index in [9.17, 15) is 9.59 Å². The molecule has 2 N–H and O–H groups in total. The average Bonchev–Trinajstić information content (AvgIpc) is 2.63. The van der Waals surface area contributed by atoms with Crippen molar-refractivity contribution in [1.82, 2.24) is 10.6 Å². The fourth-order valence-electron chi connectivity index (χ4n) is 1.75. The van der Waals surface area contributed by atoms with Gasteiger partial charge in [0.05, 0.1) is 9.35 Å².